The molecule has 1 fully saturated rings. The van der Waals surface area contributed by atoms with Crippen molar-refractivity contribution in [3.8, 4) is 0 Å². The molecule has 0 unspecified atom stereocenters. The van der Waals surface area contributed by atoms with Crippen molar-refractivity contribution in [3.63, 3.8) is 0 Å². The smallest absolute Gasteiger partial charge is 0.257 e. The molecule has 2 heterocycles. The van der Waals surface area contributed by atoms with E-state index in [2.05, 4.69) is 15.6 Å². The molecule has 1 aliphatic rings. The van der Waals surface area contributed by atoms with E-state index in [0.29, 0.717) is 42.3 Å². The van der Waals surface area contributed by atoms with E-state index in [4.69, 9.17) is 0 Å². The lowest BCUT2D eigenvalue weighted by Crippen LogP contribution is -2.42. The molecule has 3 amide bonds. The summed E-state index contributed by atoms with van der Waals surface area (Å²) in [5, 5.41) is 7.97. The van der Waals surface area contributed by atoms with Crippen molar-refractivity contribution >= 4 is 39.9 Å². The number of hydrogen-bond donors (Lipinski definition) is 2. The van der Waals surface area contributed by atoms with E-state index < -0.39 is 0 Å². The number of aromatic nitrogens is 1. The number of anilines is 2. The van der Waals surface area contributed by atoms with Gasteiger partial charge in [0.2, 0.25) is 11.8 Å². The van der Waals surface area contributed by atoms with Crippen LogP contribution >= 0.6 is 11.3 Å². The van der Waals surface area contributed by atoms with E-state index in [1.165, 1.54) is 11.3 Å². The van der Waals surface area contributed by atoms with Gasteiger partial charge in [0.25, 0.3) is 5.91 Å². The zero-order chi connectivity index (χ0) is 22.3. The third kappa shape index (κ3) is 5.59. The summed E-state index contributed by atoms with van der Waals surface area (Å²) in [7, 11) is 0. The topological polar surface area (TPSA) is 91.4 Å². The third-order valence-corrected chi connectivity index (χ3v) is 6.21. The number of para-hydroxylation sites is 1. The van der Waals surface area contributed by atoms with Crippen molar-refractivity contribution in [3.05, 3.63) is 77.3 Å². The maximum absolute atomic E-state index is 12.7. The first-order valence-corrected chi connectivity index (χ1v) is 11.4. The summed E-state index contributed by atoms with van der Waals surface area (Å²) in [6.07, 6.45) is 1.46. The molecular weight excluding hydrogens is 424 g/mol. The van der Waals surface area contributed by atoms with Crippen LogP contribution in [-0.2, 0) is 16.0 Å². The summed E-state index contributed by atoms with van der Waals surface area (Å²) in [5.74, 6) is -0.341. The van der Waals surface area contributed by atoms with Gasteiger partial charge in [-0.1, -0.05) is 36.4 Å². The SMILES string of the molecule is O=C(Nc1nc(CC(=O)N2CCC(C(=O)Nc3ccccc3)CC2)cs1)c1ccccc1. The zero-order valence-corrected chi connectivity index (χ0v) is 18.3. The number of nitrogens with one attached hydrogen (secondary N) is 2. The summed E-state index contributed by atoms with van der Waals surface area (Å²) in [4.78, 5) is 43.6. The van der Waals surface area contributed by atoms with Crippen LogP contribution in [0.4, 0.5) is 10.8 Å². The fourth-order valence-electron chi connectivity index (χ4n) is 3.63. The number of carbonyl (C=O) groups excluding carboxylic acids is 3. The summed E-state index contributed by atoms with van der Waals surface area (Å²) in [5.41, 5.74) is 1.97. The third-order valence-electron chi connectivity index (χ3n) is 5.40. The highest BCUT2D eigenvalue weighted by atomic mass is 32.1. The second-order valence-corrected chi connectivity index (χ2v) is 8.51. The molecule has 4 rings (SSSR count). The molecule has 2 N–H and O–H groups in total. The highest BCUT2D eigenvalue weighted by Gasteiger charge is 2.27. The molecule has 0 bridgehead atoms. The molecular formula is C24H24N4O3S. The van der Waals surface area contributed by atoms with E-state index in [1.807, 2.05) is 36.4 Å². The van der Waals surface area contributed by atoms with Crippen LogP contribution in [0.2, 0.25) is 0 Å². The minimum atomic E-state index is -0.228. The Morgan fingerprint density at radius 1 is 0.938 bits per heavy atom. The fraction of sp³-hybridized carbons (Fsp3) is 0.250. The van der Waals surface area contributed by atoms with Crippen LogP contribution in [0.3, 0.4) is 0 Å². The number of carbonyl (C=O) groups is 3. The Kier molecular flexibility index (Phi) is 6.91. The quantitative estimate of drug-likeness (QED) is 0.600. The van der Waals surface area contributed by atoms with E-state index in [0.717, 1.165) is 5.69 Å². The molecule has 0 saturated carbocycles. The number of piperidine rings is 1. The number of hydrogen-bond acceptors (Lipinski definition) is 5. The lowest BCUT2D eigenvalue weighted by atomic mass is 9.95. The molecule has 7 nitrogen and oxygen atoms in total. The van der Waals surface area contributed by atoms with Crippen LogP contribution < -0.4 is 10.6 Å². The predicted molar refractivity (Wildman–Crippen MR) is 125 cm³/mol. The number of benzene rings is 2. The van der Waals surface area contributed by atoms with Gasteiger partial charge in [-0.25, -0.2) is 4.98 Å². The molecule has 0 spiro atoms. The second-order valence-electron chi connectivity index (χ2n) is 7.65. The van der Waals surface area contributed by atoms with E-state index in [9.17, 15) is 14.4 Å². The normalized spacial score (nSPS) is 14.1. The van der Waals surface area contributed by atoms with E-state index >= 15 is 0 Å². The second kappa shape index (κ2) is 10.2. The maximum Gasteiger partial charge on any atom is 0.257 e. The van der Waals surface area contributed by atoms with E-state index in [1.54, 1.807) is 34.5 Å². The monoisotopic (exact) mass is 448 g/mol. The van der Waals surface area contributed by atoms with Crippen molar-refractivity contribution in [2.45, 2.75) is 19.3 Å². The fourth-order valence-corrected chi connectivity index (χ4v) is 4.33. The molecule has 2 aromatic carbocycles. The lowest BCUT2D eigenvalue weighted by molar-refractivity contribution is -0.133. The maximum atomic E-state index is 12.7. The van der Waals surface area contributed by atoms with Crippen molar-refractivity contribution in [1.82, 2.24) is 9.88 Å². The first-order valence-electron chi connectivity index (χ1n) is 10.5. The number of thiazole rings is 1. The molecule has 0 radical (unpaired) electrons. The van der Waals surface area contributed by atoms with Crippen molar-refractivity contribution < 1.29 is 14.4 Å². The van der Waals surface area contributed by atoms with Gasteiger partial charge in [0.15, 0.2) is 5.13 Å². The highest BCUT2D eigenvalue weighted by Crippen LogP contribution is 2.22. The number of nitrogens with zero attached hydrogens (tertiary/aromatic N) is 2. The van der Waals surface area contributed by atoms with Gasteiger partial charge in [-0.2, -0.15) is 0 Å². The first-order chi connectivity index (χ1) is 15.6. The van der Waals surface area contributed by atoms with Gasteiger partial charge in [0, 0.05) is 35.6 Å². The van der Waals surface area contributed by atoms with Gasteiger partial charge in [-0.05, 0) is 37.1 Å². The van der Waals surface area contributed by atoms with Crippen molar-refractivity contribution in [2.75, 3.05) is 23.7 Å². The van der Waals surface area contributed by atoms with Crippen LogP contribution in [-0.4, -0.2) is 40.7 Å². The molecule has 0 atom stereocenters. The number of rotatable bonds is 6. The summed E-state index contributed by atoms with van der Waals surface area (Å²) < 4.78 is 0. The van der Waals surface area contributed by atoms with Gasteiger partial charge in [0.1, 0.15) is 0 Å². The van der Waals surface area contributed by atoms with Gasteiger partial charge in [-0.3, -0.25) is 19.7 Å². The first kappa shape index (κ1) is 21.7. The Labute approximate surface area is 190 Å². The lowest BCUT2D eigenvalue weighted by Gasteiger charge is -2.31. The number of amides is 3. The molecule has 8 heteroatoms. The average Bonchev–Trinajstić information content (AvgIpc) is 3.27. The molecule has 3 aromatic rings. The van der Waals surface area contributed by atoms with Crippen LogP contribution in [0.5, 0.6) is 0 Å². The summed E-state index contributed by atoms with van der Waals surface area (Å²) in [6.45, 7) is 1.10. The Hall–Kier alpha value is -3.52. The standard InChI is InChI=1S/C24H24N4O3S/c29-21(15-20-16-32-24(26-20)27-23(31)17-7-3-1-4-8-17)28-13-11-18(12-14-28)22(30)25-19-9-5-2-6-10-19/h1-10,16,18H,11-15H2,(H,25,30)(H,26,27,31). The average molecular weight is 449 g/mol. The Morgan fingerprint density at radius 3 is 2.28 bits per heavy atom. The van der Waals surface area contributed by atoms with Crippen LogP contribution in [0, 0.1) is 5.92 Å². The molecule has 1 aromatic heterocycles. The van der Waals surface area contributed by atoms with Gasteiger partial charge in [-0.15, -0.1) is 11.3 Å². The molecule has 0 aliphatic carbocycles. The largest absolute Gasteiger partial charge is 0.342 e. The van der Waals surface area contributed by atoms with E-state index in [-0.39, 0.29) is 30.1 Å². The van der Waals surface area contributed by atoms with Crippen LogP contribution in [0.25, 0.3) is 0 Å². The molecule has 1 aliphatic heterocycles. The Bertz CT molecular complexity index is 1080. The minimum absolute atomic E-state index is 0.00148. The van der Waals surface area contributed by atoms with Crippen LogP contribution in [0.1, 0.15) is 28.9 Å². The van der Waals surface area contributed by atoms with Crippen LogP contribution in [0.15, 0.2) is 66.0 Å². The van der Waals surface area contributed by atoms with Crippen molar-refractivity contribution in [2.24, 2.45) is 5.92 Å². The number of likely N-dealkylation sites (tertiary alicyclic amines) is 1. The predicted octanol–water partition coefficient (Wildman–Crippen LogP) is 3.82. The summed E-state index contributed by atoms with van der Waals surface area (Å²) in [6, 6.07) is 18.3. The molecule has 32 heavy (non-hydrogen) atoms. The molecule has 1 saturated heterocycles. The Morgan fingerprint density at radius 2 is 1.59 bits per heavy atom. The molecule has 164 valence electrons. The van der Waals surface area contributed by atoms with Crippen molar-refractivity contribution in [1.29, 1.82) is 0 Å². The van der Waals surface area contributed by atoms with Gasteiger partial charge < -0.3 is 10.2 Å². The Balaban J connectivity index is 1.25. The highest BCUT2D eigenvalue weighted by molar-refractivity contribution is 7.14. The zero-order valence-electron chi connectivity index (χ0n) is 17.5. The van der Waals surface area contributed by atoms with Gasteiger partial charge >= 0.3 is 0 Å². The minimum Gasteiger partial charge on any atom is -0.342 e. The van der Waals surface area contributed by atoms with Gasteiger partial charge in [0.05, 0.1) is 12.1 Å². The summed E-state index contributed by atoms with van der Waals surface area (Å²) >= 11 is 1.30.